The number of nitrogens with one attached hydrogen (secondary N) is 2. The van der Waals surface area contributed by atoms with E-state index in [1.807, 2.05) is 18.2 Å². The molecule has 6 nitrogen and oxygen atoms in total. The first-order valence-corrected chi connectivity index (χ1v) is 8.86. The van der Waals surface area contributed by atoms with E-state index in [-0.39, 0.29) is 36.6 Å². The number of ether oxygens (including phenoxy) is 1. The van der Waals surface area contributed by atoms with E-state index in [1.54, 1.807) is 11.3 Å². The van der Waals surface area contributed by atoms with Crippen LogP contribution in [0, 0.1) is 5.92 Å². The molecule has 1 atom stereocenters. The molecule has 0 bridgehead atoms. The van der Waals surface area contributed by atoms with Crippen molar-refractivity contribution in [2.24, 2.45) is 5.92 Å². The molecule has 2 aliphatic rings. The minimum absolute atomic E-state index is 0. The van der Waals surface area contributed by atoms with Gasteiger partial charge in [-0.1, -0.05) is 11.3 Å². The lowest BCUT2D eigenvalue weighted by Gasteiger charge is -2.25. The summed E-state index contributed by atoms with van der Waals surface area (Å²) in [6, 6.07) is 5.95. The Morgan fingerprint density at radius 3 is 2.84 bits per heavy atom. The highest BCUT2D eigenvalue weighted by atomic mass is 35.5. The van der Waals surface area contributed by atoms with E-state index in [1.165, 1.54) is 0 Å². The van der Waals surface area contributed by atoms with E-state index >= 15 is 0 Å². The summed E-state index contributed by atoms with van der Waals surface area (Å²) in [5, 5.41) is 7.29. The molecule has 0 aliphatic carbocycles. The summed E-state index contributed by atoms with van der Waals surface area (Å²) in [4.78, 5) is 19.2. The summed E-state index contributed by atoms with van der Waals surface area (Å²) in [5.74, 6) is 0.184. The van der Waals surface area contributed by atoms with Crippen LogP contribution in [-0.2, 0) is 9.53 Å². The maximum Gasteiger partial charge on any atom is 0.228 e. The van der Waals surface area contributed by atoms with Crippen LogP contribution in [0.2, 0.25) is 0 Å². The van der Waals surface area contributed by atoms with Crippen molar-refractivity contribution in [3.8, 4) is 0 Å². The highest BCUT2D eigenvalue weighted by Crippen LogP contribution is 2.31. The molecule has 2 N–H and O–H groups in total. The quantitative estimate of drug-likeness (QED) is 0.822. The van der Waals surface area contributed by atoms with Gasteiger partial charge < -0.3 is 20.3 Å². The Balaban J connectivity index is 0.00000113. The number of benzene rings is 1. The molecule has 4 rings (SSSR count). The molecular weight excluding hydrogens is 383 g/mol. The van der Waals surface area contributed by atoms with Gasteiger partial charge in [-0.25, -0.2) is 4.98 Å². The largest absolute Gasteiger partial charge is 0.378 e. The predicted octanol–water partition coefficient (Wildman–Crippen LogP) is 2.52. The maximum atomic E-state index is 12.2. The van der Waals surface area contributed by atoms with Crippen molar-refractivity contribution in [1.82, 2.24) is 10.3 Å². The van der Waals surface area contributed by atoms with Gasteiger partial charge in [0.05, 0.1) is 29.3 Å². The van der Waals surface area contributed by atoms with Crippen molar-refractivity contribution in [2.75, 3.05) is 49.6 Å². The number of anilines is 2. The molecule has 2 aromatic rings. The number of hydrogen-bond donors (Lipinski definition) is 2. The van der Waals surface area contributed by atoms with Gasteiger partial charge in [-0.2, -0.15) is 0 Å². The number of thiazole rings is 1. The topological polar surface area (TPSA) is 66.5 Å². The van der Waals surface area contributed by atoms with Gasteiger partial charge >= 0.3 is 0 Å². The molecule has 138 valence electrons. The average Bonchev–Trinajstić information content (AvgIpc) is 3.25. The fraction of sp³-hybridized carbons (Fsp3) is 0.500. The van der Waals surface area contributed by atoms with Crippen LogP contribution in [0.3, 0.4) is 0 Å². The Kier molecular flexibility index (Phi) is 7.27. The van der Waals surface area contributed by atoms with Crippen LogP contribution in [0.25, 0.3) is 10.2 Å². The van der Waals surface area contributed by atoms with Crippen molar-refractivity contribution in [3.05, 3.63) is 18.2 Å². The van der Waals surface area contributed by atoms with Crippen LogP contribution in [-0.4, -0.2) is 50.3 Å². The lowest BCUT2D eigenvalue weighted by Crippen LogP contribution is -2.36. The van der Waals surface area contributed by atoms with Gasteiger partial charge in [0, 0.05) is 25.3 Å². The van der Waals surface area contributed by atoms with Crippen molar-refractivity contribution in [1.29, 1.82) is 0 Å². The van der Waals surface area contributed by atoms with Gasteiger partial charge in [0.1, 0.15) is 0 Å². The summed E-state index contributed by atoms with van der Waals surface area (Å²) in [5.41, 5.74) is 1.84. The summed E-state index contributed by atoms with van der Waals surface area (Å²) in [6.45, 7) is 4.99. The number of halogens is 2. The third-order valence-corrected chi connectivity index (χ3v) is 5.44. The first-order chi connectivity index (χ1) is 11.3. The van der Waals surface area contributed by atoms with E-state index in [4.69, 9.17) is 9.72 Å². The molecule has 2 saturated heterocycles. The Bertz CT molecular complexity index is 715. The minimum Gasteiger partial charge on any atom is -0.378 e. The number of hydrogen-bond acceptors (Lipinski definition) is 6. The van der Waals surface area contributed by atoms with Crippen LogP contribution < -0.4 is 15.5 Å². The fourth-order valence-corrected chi connectivity index (χ4v) is 4.06. The number of amides is 1. The van der Waals surface area contributed by atoms with Crippen LogP contribution in [0.15, 0.2) is 18.2 Å². The highest BCUT2D eigenvalue weighted by molar-refractivity contribution is 7.22. The van der Waals surface area contributed by atoms with Gasteiger partial charge in [-0.3, -0.25) is 4.79 Å². The molecule has 25 heavy (non-hydrogen) atoms. The molecule has 2 fully saturated rings. The summed E-state index contributed by atoms with van der Waals surface area (Å²) >= 11 is 1.67. The Hall–Kier alpha value is -1.12. The lowest BCUT2D eigenvalue weighted by atomic mass is 10.1. The van der Waals surface area contributed by atoms with Gasteiger partial charge in [-0.15, -0.1) is 24.8 Å². The van der Waals surface area contributed by atoms with Crippen LogP contribution in [0.5, 0.6) is 0 Å². The van der Waals surface area contributed by atoms with E-state index in [0.717, 1.165) is 66.8 Å². The van der Waals surface area contributed by atoms with Gasteiger partial charge in [-0.05, 0) is 31.2 Å². The second kappa shape index (κ2) is 9.00. The zero-order valence-electron chi connectivity index (χ0n) is 13.7. The van der Waals surface area contributed by atoms with Crippen LogP contribution in [0.1, 0.15) is 6.42 Å². The van der Waals surface area contributed by atoms with Gasteiger partial charge in [0.25, 0.3) is 0 Å². The summed E-state index contributed by atoms with van der Waals surface area (Å²) < 4.78 is 6.49. The Labute approximate surface area is 163 Å². The second-order valence-electron chi connectivity index (χ2n) is 5.96. The molecule has 2 aliphatic heterocycles. The Morgan fingerprint density at radius 2 is 2.12 bits per heavy atom. The van der Waals surface area contributed by atoms with E-state index in [0.29, 0.717) is 0 Å². The van der Waals surface area contributed by atoms with Gasteiger partial charge in [0.2, 0.25) is 5.91 Å². The van der Waals surface area contributed by atoms with Gasteiger partial charge in [0.15, 0.2) is 5.13 Å². The first kappa shape index (κ1) is 20.2. The molecular formula is C16H22Cl2N4O2S. The SMILES string of the molecule is Cl.Cl.O=C(Nc1ccc2nc(N3CCOCC3)sc2c1)C1CCNC1. The minimum atomic E-state index is 0. The molecule has 0 saturated carbocycles. The van der Waals surface area contributed by atoms with Crippen molar-refractivity contribution < 1.29 is 9.53 Å². The summed E-state index contributed by atoms with van der Waals surface area (Å²) in [7, 11) is 0. The zero-order chi connectivity index (χ0) is 15.6. The van der Waals surface area contributed by atoms with Crippen LogP contribution >= 0.6 is 36.2 Å². The second-order valence-corrected chi connectivity index (χ2v) is 6.97. The molecule has 1 amide bonds. The maximum absolute atomic E-state index is 12.2. The number of carbonyl (C=O) groups is 1. The standard InChI is InChI=1S/C16H20N4O2S.2ClH/c21-15(11-3-4-17-10-11)18-12-1-2-13-14(9-12)23-16(19-13)20-5-7-22-8-6-20;;/h1-2,9,11,17H,3-8,10H2,(H,18,21);2*1H. The van der Waals surface area contributed by atoms with Crippen LogP contribution in [0.4, 0.5) is 10.8 Å². The lowest BCUT2D eigenvalue weighted by molar-refractivity contribution is -0.119. The summed E-state index contributed by atoms with van der Waals surface area (Å²) in [6.07, 6.45) is 0.913. The molecule has 0 spiro atoms. The van der Waals surface area contributed by atoms with Crippen molar-refractivity contribution in [2.45, 2.75) is 6.42 Å². The highest BCUT2D eigenvalue weighted by Gasteiger charge is 2.22. The number of rotatable bonds is 3. The molecule has 0 radical (unpaired) electrons. The van der Waals surface area contributed by atoms with E-state index in [9.17, 15) is 4.79 Å². The molecule has 1 unspecified atom stereocenters. The van der Waals surface area contributed by atoms with E-state index in [2.05, 4.69) is 15.5 Å². The monoisotopic (exact) mass is 404 g/mol. The number of fused-ring (bicyclic) bond motifs is 1. The molecule has 3 heterocycles. The molecule has 9 heteroatoms. The number of nitrogens with zero attached hydrogens (tertiary/aromatic N) is 2. The van der Waals surface area contributed by atoms with Crippen molar-refractivity contribution in [3.63, 3.8) is 0 Å². The third-order valence-electron chi connectivity index (χ3n) is 4.36. The van der Waals surface area contributed by atoms with E-state index < -0.39 is 0 Å². The molecule has 1 aromatic heterocycles. The Morgan fingerprint density at radius 1 is 1.32 bits per heavy atom. The molecule has 1 aromatic carbocycles. The first-order valence-electron chi connectivity index (χ1n) is 8.04. The number of carbonyl (C=O) groups excluding carboxylic acids is 1. The predicted molar refractivity (Wildman–Crippen MR) is 107 cm³/mol. The normalized spacial score (nSPS) is 20.0. The fourth-order valence-electron chi connectivity index (χ4n) is 3.00. The number of aromatic nitrogens is 1. The number of morpholine rings is 1. The average molecular weight is 405 g/mol. The zero-order valence-corrected chi connectivity index (χ0v) is 16.1. The van der Waals surface area contributed by atoms with Crippen molar-refractivity contribution >= 4 is 63.1 Å². The third kappa shape index (κ3) is 4.54. The smallest absolute Gasteiger partial charge is 0.228 e.